The van der Waals surface area contributed by atoms with E-state index in [1.807, 2.05) is 24.3 Å². The molecule has 0 atom stereocenters. The molecular weight excluding hydrogens is 544 g/mol. The highest BCUT2D eigenvalue weighted by atomic mass is 79.9. The summed E-state index contributed by atoms with van der Waals surface area (Å²) in [4.78, 5) is -6.37. The van der Waals surface area contributed by atoms with Gasteiger partial charge in [-0.3, -0.25) is 0 Å². The molecule has 0 unspecified atom stereocenters. The van der Waals surface area contributed by atoms with Gasteiger partial charge in [0, 0.05) is 16.5 Å². The van der Waals surface area contributed by atoms with E-state index < -0.39 is 9.66 Å². The number of hydrogen-bond acceptors (Lipinski definition) is 2. The van der Waals surface area contributed by atoms with E-state index in [2.05, 4.69) is 45.7 Å². The molecule has 31 heavy (non-hydrogen) atoms. The Labute approximate surface area is 194 Å². The first-order valence-corrected chi connectivity index (χ1v) is 10.6. The van der Waals surface area contributed by atoms with Crippen molar-refractivity contribution >= 4 is 31.9 Å². The van der Waals surface area contributed by atoms with E-state index in [9.17, 15) is 27.8 Å². The number of aromatic hydroxyl groups is 2. The molecule has 0 fully saturated rings. The van der Waals surface area contributed by atoms with E-state index in [0.717, 1.165) is 35.4 Å². The Hall–Kier alpha value is -2.06. The lowest BCUT2D eigenvalue weighted by molar-refractivity contribution is 0.110. The number of phenols is 2. The summed E-state index contributed by atoms with van der Waals surface area (Å²) in [5.41, 5.74) is 1.37. The van der Waals surface area contributed by atoms with Gasteiger partial charge in [-0.05, 0) is 67.3 Å². The number of halogens is 6. The van der Waals surface area contributed by atoms with Gasteiger partial charge in [0.1, 0.15) is 11.5 Å². The van der Waals surface area contributed by atoms with Gasteiger partial charge in [-0.15, -0.1) is 0 Å². The maximum Gasteiger partial charge on any atom is 0.326 e. The molecule has 0 bridgehead atoms. The van der Waals surface area contributed by atoms with Gasteiger partial charge in [0.05, 0.1) is 0 Å². The summed E-state index contributed by atoms with van der Waals surface area (Å²) < 4.78 is 50.4. The first-order chi connectivity index (χ1) is 14.2. The van der Waals surface area contributed by atoms with E-state index in [1.54, 1.807) is 24.3 Å². The Bertz CT molecular complexity index is 896. The highest BCUT2D eigenvalue weighted by Gasteiger charge is 2.30. The summed E-state index contributed by atoms with van der Waals surface area (Å²) in [5, 5.41) is 18.6. The molecule has 0 amide bonds. The van der Waals surface area contributed by atoms with E-state index in [-0.39, 0.29) is 28.0 Å². The molecule has 0 aliphatic heterocycles. The lowest BCUT2D eigenvalue weighted by atomic mass is 9.78. The predicted octanol–water partition coefficient (Wildman–Crippen LogP) is 8.00. The quantitative estimate of drug-likeness (QED) is 0.249. The smallest absolute Gasteiger partial charge is 0.326 e. The van der Waals surface area contributed by atoms with Crippen LogP contribution in [0, 0.1) is 0 Å². The van der Waals surface area contributed by atoms with Gasteiger partial charge >= 0.3 is 9.66 Å². The van der Waals surface area contributed by atoms with Gasteiger partial charge in [-0.2, -0.15) is 17.6 Å². The Morgan fingerprint density at radius 3 is 0.968 bits per heavy atom. The van der Waals surface area contributed by atoms with Crippen LogP contribution in [0.1, 0.15) is 36.1 Å². The summed E-state index contributed by atoms with van der Waals surface area (Å²) in [6.07, 6.45) is 0. The van der Waals surface area contributed by atoms with Crippen molar-refractivity contribution in [3.8, 4) is 11.5 Å². The second kappa shape index (κ2) is 9.61. The zero-order valence-electron chi connectivity index (χ0n) is 16.6. The Balaban J connectivity index is 0.000000225. The second-order valence-electron chi connectivity index (χ2n) is 7.29. The SMILES string of the molecule is CC(C)(c1ccc(O)cc1)c1ccc(O)cc1.FC(F)(Br)c1ccc(C(F)(F)Br)cc1. The molecule has 0 aliphatic rings. The van der Waals surface area contributed by atoms with Crippen LogP contribution < -0.4 is 0 Å². The Morgan fingerprint density at radius 1 is 0.516 bits per heavy atom. The topological polar surface area (TPSA) is 40.5 Å². The molecule has 3 rings (SSSR count). The van der Waals surface area contributed by atoms with Crippen molar-refractivity contribution in [3.05, 3.63) is 95.1 Å². The highest BCUT2D eigenvalue weighted by molar-refractivity contribution is 9.09. The summed E-state index contributed by atoms with van der Waals surface area (Å²) in [7, 11) is 0. The van der Waals surface area contributed by atoms with Crippen molar-refractivity contribution in [2.75, 3.05) is 0 Å². The predicted molar refractivity (Wildman–Crippen MR) is 120 cm³/mol. The van der Waals surface area contributed by atoms with Crippen LogP contribution in [-0.2, 0) is 15.1 Å². The van der Waals surface area contributed by atoms with Crippen molar-refractivity contribution in [3.63, 3.8) is 0 Å². The Morgan fingerprint density at radius 2 is 0.742 bits per heavy atom. The first kappa shape index (κ1) is 25.2. The largest absolute Gasteiger partial charge is 0.508 e. The van der Waals surface area contributed by atoms with E-state index in [4.69, 9.17) is 0 Å². The molecule has 0 saturated heterocycles. The monoisotopic (exact) mass is 562 g/mol. The number of hydrogen-bond donors (Lipinski definition) is 2. The van der Waals surface area contributed by atoms with Crippen molar-refractivity contribution in [1.29, 1.82) is 0 Å². The maximum absolute atomic E-state index is 12.6. The molecule has 0 aliphatic carbocycles. The molecule has 8 heteroatoms. The fraction of sp³-hybridized carbons (Fsp3) is 0.217. The Kier molecular flexibility index (Phi) is 7.81. The fourth-order valence-corrected chi connectivity index (χ4v) is 3.30. The minimum atomic E-state index is -3.19. The number of rotatable bonds is 4. The first-order valence-electron chi connectivity index (χ1n) is 9.05. The van der Waals surface area contributed by atoms with E-state index >= 15 is 0 Å². The van der Waals surface area contributed by atoms with Gasteiger partial charge in [-0.1, -0.05) is 62.4 Å². The third-order valence-corrected chi connectivity index (χ3v) is 5.63. The average molecular weight is 564 g/mol. The van der Waals surface area contributed by atoms with Crippen LogP contribution in [0.3, 0.4) is 0 Å². The average Bonchev–Trinajstić information content (AvgIpc) is 2.68. The molecule has 3 aromatic carbocycles. The standard InChI is InChI=1S/C15H16O2.C8H4Br2F4/c1-15(2,11-3-7-13(16)8-4-11)12-5-9-14(17)10-6-12;9-7(11,12)5-1-2-6(4-3-5)8(10,13)14/h3-10,16-17H,1-2H3;1-4H. The zero-order chi connectivity index (χ0) is 23.4. The fourth-order valence-electron chi connectivity index (χ4n) is 2.77. The van der Waals surface area contributed by atoms with Crippen LogP contribution in [0.4, 0.5) is 17.6 Å². The lowest BCUT2D eigenvalue weighted by Gasteiger charge is -2.26. The summed E-state index contributed by atoms with van der Waals surface area (Å²) in [6, 6.07) is 18.2. The molecule has 3 aromatic rings. The third-order valence-electron chi connectivity index (χ3n) is 4.72. The second-order valence-corrected chi connectivity index (χ2v) is 9.28. The van der Waals surface area contributed by atoms with Crippen LogP contribution in [0.25, 0.3) is 0 Å². The van der Waals surface area contributed by atoms with Crippen molar-refractivity contribution < 1.29 is 27.8 Å². The molecule has 0 aromatic heterocycles. The molecule has 0 radical (unpaired) electrons. The maximum atomic E-state index is 12.6. The van der Waals surface area contributed by atoms with Crippen LogP contribution in [0.2, 0.25) is 0 Å². The highest BCUT2D eigenvalue weighted by Crippen LogP contribution is 2.38. The van der Waals surface area contributed by atoms with Crippen molar-refractivity contribution in [2.45, 2.75) is 28.9 Å². The van der Waals surface area contributed by atoms with Gasteiger partial charge in [0.25, 0.3) is 0 Å². The molecule has 166 valence electrons. The molecule has 0 spiro atoms. The van der Waals surface area contributed by atoms with Crippen LogP contribution >= 0.6 is 31.9 Å². The summed E-state index contributed by atoms with van der Waals surface area (Å²) in [6.45, 7) is 4.23. The number of benzene rings is 3. The minimum Gasteiger partial charge on any atom is -0.508 e. The molecule has 2 nitrogen and oxygen atoms in total. The third kappa shape index (κ3) is 6.97. The summed E-state index contributed by atoms with van der Waals surface area (Å²) in [5.74, 6) is 0.547. The molecule has 2 N–H and O–H groups in total. The van der Waals surface area contributed by atoms with Crippen LogP contribution in [-0.4, -0.2) is 10.2 Å². The molecule has 0 saturated carbocycles. The number of alkyl halides is 6. The van der Waals surface area contributed by atoms with E-state index in [1.165, 1.54) is 0 Å². The van der Waals surface area contributed by atoms with Gasteiger partial charge in [0.15, 0.2) is 0 Å². The van der Waals surface area contributed by atoms with Crippen molar-refractivity contribution in [1.82, 2.24) is 0 Å². The van der Waals surface area contributed by atoms with Crippen LogP contribution in [0.5, 0.6) is 11.5 Å². The van der Waals surface area contributed by atoms with Crippen molar-refractivity contribution in [2.24, 2.45) is 0 Å². The van der Waals surface area contributed by atoms with Gasteiger partial charge < -0.3 is 10.2 Å². The van der Waals surface area contributed by atoms with Gasteiger partial charge in [-0.25, -0.2) is 0 Å². The summed E-state index contributed by atoms with van der Waals surface area (Å²) >= 11 is 4.26. The van der Waals surface area contributed by atoms with E-state index in [0.29, 0.717) is 0 Å². The lowest BCUT2D eigenvalue weighted by Crippen LogP contribution is -2.18. The zero-order valence-corrected chi connectivity index (χ0v) is 19.8. The molecular formula is C23H20Br2F4O2. The minimum absolute atomic E-state index is 0.151. The number of phenolic OH excluding ortho intramolecular Hbond substituents is 2. The van der Waals surface area contributed by atoms with Crippen LogP contribution in [0.15, 0.2) is 72.8 Å². The van der Waals surface area contributed by atoms with Gasteiger partial charge in [0.2, 0.25) is 0 Å². The normalized spacial score (nSPS) is 12.1. The molecule has 0 heterocycles.